The van der Waals surface area contributed by atoms with Crippen LogP contribution in [0.3, 0.4) is 0 Å². The summed E-state index contributed by atoms with van der Waals surface area (Å²) in [6.45, 7) is 0. The van der Waals surface area contributed by atoms with E-state index in [-0.39, 0.29) is 0 Å². The van der Waals surface area contributed by atoms with Crippen molar-refractivity contribution in [3.05, 3.63) is 36.0 Å². The van der Waals surface area contributed by atoms with E-state index in [1.54, 1.807) is 17.5 Å². The van der Waals surface area contributed by atoms with Crippen molar-refractivity contribution < 1.29 is 0 Å². The van der Waals surface area contributed by atoms with Crippen molar-refractivity contribution in [3.8, 4) is 0 Å². The Labute approximate surface area is 96.6 Å². The van der Waals surface area contributed by atoms with Crippen molar-refractivity contribution in [1.29, 1.82) is 0 Å². The average molecular weight is 230 g/mol. The van der Waals surface area contributed by atoms with Gasteiger partial charge in [0.2, 0.25) is 0 Å². The third-order valence-corrected chi connectivity index (χ3v) is 3.12. The first-order valence-electron chi connectivity index (χ1n) is 4.91. The second-order valence-electron chi connectivity index (χ2n) is 3.50. The SMILES string of the molecule is Cn1ncc2ccc(Nc3nccs3)cc21. The number of nitrogens with zero attached hydrogens (tertiary/aromatic N) is 3. The van der Waals surface area contributed by atoms with Gasteiger partial charge in [-0.1, -0.05) is 0 Å². The van der Waals surface area contributed by atoms with Crippen LogP contribution < -0.4 is 5.32 Å². The maximum Gasteiger partial charge on any atom is 0.187 e. The third kappa shape index (κ3) is 1.55. The molecule has 1 N–H and O–H groups in total. The fraction of sp³-hybridized carbons (Fsp3) is 0.0909. The Kier molecular flexibility index (Phi) is 2.11. The number of fused-ring (bicyclic) bond motifs is 1. The molecule has 4 nitrogen and oxygen atoms in total. The molecule has 0 atom stereocenters. The summed E-state index contributed by atoms with van der Waals surface area (Å²) in [6, 6.07) is 6.16. The molecule has 5 heteroatoms. The minimum Gasteiger partial charge on any atom is -0.331 e. The number of aromatic nitrogens is 3. The highest BCUT2D eigenvalue weighted by Crippen LogP contribution is 2.22. The zero-order valence-corrected chi connectivity index (χ0v) is 9.53. The second kappa shape index (κ2) is 3.61. The summed E-state index contributed by atoms with van der Waals surface area (Å²) in [5.41, 5.74) is 2.15. The molecule has 3 rings (SSSR count). The van der Waals surface area contributed by atoms with E-state index < -0.39 is 0 Å². The second-order valence-corrected chi connectivity index (χ2v) is 4.40. The topological polar surface area (TPSA) is 42.7 Å². The lowest BCUT2D eigenvalue weighted by atomic mass is 10.2. The molecule has 1 aromatic carbocycles. The monoisotopic (exact) mass is 230 g/mol. The number of rotatable bonds is 2. The van der Waals surface area contributed by atoms with Gasteiger partial charge in [0, 0.05) is 29.7 Å². The molecule has 0 aliphatic rings. The van der Waals surface area contributed by atoms with Crippen molar-refractivity contribution in [3.63, 3.8) is 0 Å². The van der Waals surface area contributed by atoms with Crippen LogP contribution in [0.15, 0.2) is 36.0 Å². The molecule has 80 valence electrons. The summed E-state index contributed by atoms with van der Waals surface area (Å²) in [7, 11) is 1.94. The van der Waals surface area contributed by atoms with Crippen molar-refractivity contribution in [2.45, 2.75) is 0 Å². The first-order valence-corrected chi connectivity index (χ1v) is 5.79. The van der Waals surface area contributed by atoms with E-state index in [0.717, 1.165) is 21.7 Å². The first kappa shape index (κ1) is 9.35. The Balaban J connectivity index is 2.01. The zero-order valence-electron chi connectivity index (χ0n) is 8.71. The summed E-state index contributed by atoms with van der Waals surface area (Å²) in [6.07, 6.45) is 3.65. The molecule has 0 amide bonds. The molecule has 0 saturated carbocycles. The molecule has 0 spiro atoms. The average Bonchev–Trinajstić information content (AvgIpc) is 2.90. The van der Waals surface area contributed by atoms with Crippen LogP contribution in [0.5, 0.6) is 0 Å². The first-order chi connectivity index (χ1) is 7.83. The van der Waals surface area contributed by atoms with Gasteiger partial charge in [0.05, 0.1) is 11.7 Å². The molecule has 0 unspecified atom stereocenters. The third-order valence-electron chi connectivity index (χ3n) is 2.43. The van der Waals surface area contributed by atoms with E-state index in [1.807, 2.05) is 29.4 Å². The molecule has 0 fully saturated rings. The van der Waals surface area contributed by atoms with Gasteiger partial charge in [-0.05, 0) is 18.2 Å². The molecule has 0 bridgehead atoms. The van der Waals surface area contributed by atoms with Crippen LogP contribution >= 0.6 is 11.3 Å². The molecule has 0 radical (unpaired) electrons. The Morgan fingerprint density at radius 2 is 2.31 bits per heavy atom. The minimum atomic E-state index is 0.904. The lowest BCUT2D eigenvalue weighted by molar-refractivity contribution is 0.797. The predicted molar refractivity (Wildman–Crippen MR) is 66.1 cm³/mol. The highest BCUT2D eigenvalue weighted by Gasteiger charge is 2.02. The van der Waals surface area contributed by atoms with Crippen LogP contribution in [-0.2, 0) is 7.05 Å². The van der Waals surface area contributed by atoms with Gasteiger partial charge in [-0.3, -0.25) is 4.68 Å². The lowest BCUT2D eigenvalue weighted by Crippen LogP contribution is -1.92. The van der Waals surface area contributed by atoms with Crippen molar-refractivity contribution in [2.24, 2.45) is 7.05 Å². The number of hydrogen-bond acceptors (Lipinski definition) is 4. The van der Waals surface area contributed by atoms with Gasteiger partial charge in [0.25, 0.3) is 0 Å². The van der Waals surface area contributed by atoms with Crippen molar-refractivity contribution >= 4 is 33.1 Å². The maximum absolute atomic E-state index is 4.21. The molecular weight excluding hydrogens is 220 g/mol. The van der Waals surface area contributed by atoms with Crippen molar-refractivity contribution in [1.82, 2.24) is 14.8 Å². The summed E-state index contributed by atoms with van der Waals surface area (Å²) in [5, 5.41) is 11.5. The molecular formula is C11H10N4S. The molecule has 2 aromatic heterocycles. The van der Waals surface area contributed by atoms with Gasteiger partial charge in [0.1, 0.15) is 0 Å². The Hall–Kier alpha value is -1.88. The predicted octanol–water partition coefficient (Wildman–Crippen LogP) is 2.77. The summed E-state index contributed by atoms with van der Waals surface area (Å²) in [4.78, 5) is 4.19. The standard InChI is InChI=1S/C11H10N4S/c1-15-10-6-9(3-2-8(10)7-13-15)14-11-12-4-5-16-11/h2-7H,1H3,(H,12,14). The van der Waals surface area contributed by atoms with Crippen LogP contribution in [0, 0.1) is 0 Å². The number of thiazole rings is 1. The van der Waals surface area contributed by atoms with E-state index in [2.05, 4.69) is 27.5 Å². The van der Waals surface area contributed by atoms with Crippen LogP contribution in [0.4, 0.5) is 10.8 Å². The van der Waals surface area contributed by atoms with E-state index in [9.17, 15) is 0 Å². The zero-order chi connectivity index (χ0) is 11.0. The smallest absolute Gasteiger partial charge is 0.187 e. The fourth-order valence-corrected chi connectivity index (χ4v) is 2.18. The fourth-order valence-electron chi connectivity index (χ4n) is 1.63. The van der Waals surface area contributed by atoms with E-state index in [0.29, 0.717) is 0 Å². The Bertz CT molecular complexity index is 612. The van der Waals surface area contributed by atoms with Gasteiger partial charge in [-0.25, -0.2) is 4.98 Å². The molecule has 0 aliphatic carbocycles. The van der Waals surface area contributed by atoms with Crippen LogP contribution in [0.2, 0.25) is 0 Å². The molecule has 2 heterocycles. The summed E-state index contributed by atoms with van der Waals surface area (Å²) < 4.78 is 1.86. The lowest BCUT2D eigenvalue weighted by Gasteiger charge is -2.02. The van der Waals surface area contributed by atoms with Crippen LogP contribution in [0.25, 0.3) is 10.9 Å². The van der Waals surface area contributed by atoms with Gasteiger partial charge in [0.15, 0.2) is 5.13 Å². The quantitative estimate of drug-likeness (QED) is 0.736. The van der Waals surface area contributed by atoms with Gasteiger partial charge < -0.3 is 5.32 Å². The van der Waals surface area contributed by atoms with E-state index in [4.69, 9.17) is 0 Å². The number of benzene rings is 1. The summed E-state index contributed by atoms with van der Waals surface area (Å²) in [5.74, 6) is 0. The molecule has 0 saturated heterocycles. The number of anilines is 2. The highest BCUT2D eigenvalue weighted by molar-refractivity contribution is 7.13. The molecule has 3 aromatic rings. The normalized spacial score (nSPS) is 10.8. The van der Waals surface area contributed by atoms with E-state index >= 15 is 0 Å². The highest BCUT2D eigenvalue weighted by atomic mass is 32.1. The molecule has 0 aliphatic heterocycles. The molecule has 16 heavy (non-hydrogen) atoms. The van der Waals surface area contributed by atoms with Crippen molar-refractivity contribution in [2.75, 3.05) is 5.32 Å². The van der Waals surface area contributed by atoms with Gasteiger partial charge in [-0.2, -0.15) is 5.10 Å². The number of aryl methyl sites for hydroxylation is 1. The number of hydrogen-bond donors (Lipinski definition) is 1. The van der Waals surface area contributed by atoms with E-state index in [1.165, 1.54) is 0 Å². The Morgan fingerprint density at radius 3 is 3.12 bits per heavy atom. The van der Waals surface area contributed by atoms with Gasteiger partial charge in [-0.15, -0.1) is 11.3 Å². The Morgan fingerprint density at radius 1 is 1.38 bits per heavy atom. The summed E-state index contributed by atoms with van der Waals surface area (Å²) >= 11 is 1.58. The minimum absolute atomic E-state index is 0.904. The van der Waals surface area contributed by atoms with Crippen LogP contribution in [0.1, 0.15) is 0 Å². The van der Waals surface area contributed by atoms with Gasteiger partial charge >= 0.3 is 0 Å². The van der Waals surface area contributed by atoms with Crippen LogP contribution in [-0.4, -0.2) is 14.8 Å². The number of nitrogens with one attached hydrogen (secondary N) is 1. The largest absolute Gasteiger partial charge is 0.331 e. The maximum atomic E-state index is 4.21.